The van der Waals surface area contributed by atoms with Crippen LogP contribution in [0.1, 0.15) is 0 Å². The number of nitrogens with two attached hydrogens (primary N) is 1. The average Bonchev–Trinajstić information content (AvgIpc) is 2.20. The molecule has 1 heterocycles. The maximum absolute atomic E-state index is 5.72. The number of rotatable bonds is 2. The Bertz CT molecular complexity index is 461. The monoisotopic (exact) mass is 207 g/mol. The molecule has 4 nitrogen and oxygen atoms in total. The van der Waals surface area contributed by atoms with Gasteiger partial charge in [0.15, 0.2) is 0 Å². The zero-order valence-electron chi connectivity index (χ0n) is 7.60. The van der Waals surface area contributed by atoms with Gasteiger partial charge in [-0.15, -0.1) is 0 Å². The molecule has 2 aromatic rings. The van der Waals surface area contributed by atoms with Gasteiger partial charge in [0, 0.05) is 22.3 Å². The quantitative estimate of drug-likeness (QED) is 0.762. The fourth-order valence-electron chi connectivity index (χ4n) is 1.20. The summed E-state index contributed by atoms with van der Waals surface area (Å²) < 4.78 is 4.95. The molecule has 1 aromatic carbocycles. The lowest BCUT2D eigenvalue weighted by atomic mass is 10.2. The molecule has 0 amide bonds. The summed E-state index contributed by atoms with van der Waals surface area (Å²) in [6, 6.07) is 5.75. The molecule has 0 aliphatic carbocycles. The molecule has 0 aliphatic heterocycles. The number of aromatic nitrogens is 2. The van der Waals surface area contributed by atoms with Gasteiger partial charge >= 0.3 is 0 Å². The maximum atomic E-state index is 5.72. The van der Waals surface area contributed by atoms with Crippen molar-refractivity contribution < 1.29 is 4.18 Å². The molecular formula is C9H9N3OS. The van der Waals surface area contributed by atoms with Gasteiger partial charge in [-0.25, -0.2) is 9.97 Å². The number of benzene rings is 1. The van der Waals surface area contributed by atoms with Gasteiger partial charge in [0.05, 0.1) is 12.6 Å². The van der Waals surface area contributed by atoms with Gasteiger partial charge in [-0.1, -0.05) is 0 Å². The Labute approximate surface area is 85.7 Å². The molecule has 0 saturated heterocycles. The van der Waals surface area contributed by atoms with E-state index in [4.69, 9.17) is 9.92 Å². The van der Waals surface area contributed by atoms with Crippen molar-refractivity contribution in [3.8, 4) is 0 Å². The fraction of sp³-hybridized carbons (Fsp3) is 0.111. The van der Waals surface area contributed by atoms with Crippen LogP contribution in [0.5, 0.6) is 0 Å². The van der Waals surface area contributed by atoms with Crippen LogP contribution in [-0.2, 0) is 4.18 Å². The Morgan fingerprint density at radius 3 is 3.00 bits per heavy atom. The summed E-state index contributed by atoms with van der Waals surface area (Å²) >= 11 is 1.29. The topological polar surface area (TPSA) is 61.0 Å². The van der Waals surface area contributed by atoms with E-state index in [1.807, 2.05) is 18.2 Å². The molecule has 0 unspecified atom stereocenters. The minimum Gasteiger partial charge on any atom is -0.383 e. The second-order valence-corrected chi connectivity index (χ2v) is 3.66. The summed E-state index contributed by atoms with van der Waals surface area (Å²) in [6.45, 7) is 0. The standard InChI is InChI=1S/C9H9N3OS/c1-13-14-6-2-3-8-7(4-6)9(10)12-5-11-8/h2-5H,1H3,(H2,10,11,12). The average molecular weight is 207 g/mol. The molecule has 0 fully saturated rings. The molecule has 0 spiro atoms. The van der Waals surface area contributed by atoms with Crippen LogP contribution < -0.4 is 5.73 Å². The van der Waals surface area contributed by atoms with E-state index in [1.54, 1.807) is 7.11 Å². The largest absolute Gasteiger partial charge is 0.383 e. The highest BCUT2D eigenvalue weighted by atomic mass is 32.2. The van der Waals surface area contributed by atoms with E-state index in [1.165, 1.54) is 18.4 Å². The molecule has 1 aromatic heterocycles. The Morgan fingerprint density at radius 2 is 2.21 bits per heavy atom. The zero-order chi connectivity index (χ0) is 9.97. The lowest BCUT2D eigenvalue weighted by Crippen LogP contribution is -1.92. The van der Waals surface area contributed by atoms with Crippen LogP contribution in [0.2, 0.25) is 0 Å². The molecule has 14 heavy (non-hydrogen) atoms. The van der Waals surface area contributed by atoms with Gasteiger partial charge in [0.25, 0.3) is 0 Å². The van der Waals surface area contributed by atoms with Crippen LogP contribution in [-0.4, -0.2) is 17.1 Å². The first-order valence-electron chi connectivity index (χ1n) is 4.02. The third kappa shape index (κ3) is 1.64. The second kappa shape index (κ2) is 3.81. The van der Waals surface area contributed by atoms with Crippen LogP contribution >= 0.6 is 12.0 Å². The van der Waals surface area contributed by atoms with Gasteiger partial charge in [-0.3, -0.25) is 0 Å². The Morgan fingerprint density at radius 1 is 1.36 bits per heavy atom. The predicted molar refractivity (Wildman–Crippen MR) is 56.8 cm³/mol. The summed E-state index contributed by atoms with van der Waals surface area (Å²) in [5.41, 5.74) is 6.57. The van der Waals surface area contributed by atoms with E-state index in [-0.39, 0.29) is 0 Å². The highest BCUT2D eigenvalue weighted by Gasteiger charge is 2.01. The van der Waals surface area contributed by atoms with Crippen LogP contribution in [0.3, 0.4) is 0 Å². The molecule has 0 radical (unpaired) electrons. The van der Waals surface area contributed by atoms with Crippen molar-refractivity contribution in [1.29, 1.82) is 0 Å². The molecule has 0 bridgehead atoms. The van der Waals surface area contributed by atoms with E-state index in [0.717, 1.165) is 15.8 Å². The number of fused-ring (bicyclic) bond motifs is 1. The minimum atomic E-state index is 0.494. The normalized spacial score (nSPS) is 10.6. The molecule has 72 valence electrons. The van der Waals surface area contributed by atoms with Crippen LogP contribution in [0.25, 0.3) is 10.9 Å². The highest BCUT2D eigenvalue weighted by molar-refractivity contribution is 7.94. The second-order valence-electron chi connectivity index (χ2n) is 2.69. The predicted octanol–water partition coefficient (Wildman–Crippen LogP) is 1.87. The van der Waals surface area contributed by atoms with E-state index < -0.39 is 0 Å². The van der Waals surface area contributed by atoms with Gasteiger partial charge in [-0.05, 0) is 18.2 Å². The van der Waals surface area contributed by atoms with Crippen molar-refractivity contribution in [3.63, 3.8) is 0 Å². The van der Waals surface area contributed by atoms with Crippen molar-refractivity contribution in [2.24, 2.45) is 0 Å². The molecule has 5 heteroatoms. The molecule has 0 atom stereocenters. The third-order valence-corrected chi connectivity index (χ3v) is 2.43. The van der Waals surface area contributed by atoms with Crippen molar-refractivity contribution in [1.82, 2.24) is 9.97 Å². The molecule has 2 rings (SSSR count). The Balaban J connectivity index is 2.58. The molecule has 2 N–H and O–H groups in total. The van der Waals surface area contributed by atoms with Gasteiger partial charge < -0.3 is 9.92 Å². The fourth-order valence-corrected chi connectivity index (χ4v) is 1.69. The van der Waals surface area contributed by atoms with Gasteiger partial charge in [0.1, 0.15) is 12.1 Å². The third-order valence-electron chi connectivity index (χ3n) is 1.82. The zero-order valence-corrected chi connectivity index (χ0v) is 8.41. The van der Waals surface area contributed by atoms with E-state index >= 15 is 0 Å². The summed E-state index contributed by atoms with van der Waals surface area (Å²) in [5.74, 6) is 0.494. The first-order valence-corrected chi connectivity index (χ1v) is 4.76. The highest BCUT2D eigenvalue weighted by Crippen LogP contribution is 2.24. The summed E-state index contributed by atoms with van der Waals surface area (Å²) in [5, 5.41) is 0.856. The first kappa shape index (κ1) is 9.23. The Hall–Kier alpha value is -1.33. The molecule has 0 saturated carbocycles. The smallest absolute Gasteiger partial charge is 0.134 e. The van der Waals surface area contributed by atoms with Crippen molar-refractivity contribution in [2.45, 2.75) is 4.90 Å². The molecule has 0 aliphatic rings. The summed E-state index contributed by atoms with van der Waals surface area (Å²) in [6.07, 6.45) is 1.46. The lowest BCUT2D eigenvalue weighted by Gasteiger charge is -2.02. The summed E-state index contributed by atoms with van der Waals surface area (Å²) in [4.78, 5) is 9.01. The van der Waals surface area contributed by atoms with Gasteiger partial charge in [-0.2, -0.15) is 0 Å². The van der Waals surface area contributed by atoms with E-state index in [9.17, 15) is 0 Å². The lowest BCUT2D eigenvalue weighted by molar-refractivity contribution is 0.490. The number of hydrogen-bond acceptors (Lipinski definition) is 5. The van der Waals surface area contributed by atoms with Crippen molar-refractivity contribution in [3.05, 3.63) is 24.5 Å². The summed E-state index contributed by atoms with van der Waals surface area (Å²) in [7, 11) is 1.62. The number of anilines is 1. The van der Waals surface area contributed by atoms with E-state index in [0.29, 0.717) is 5.82 Å². The SMILES string of the molecule is COSc1ccc2ncnc(N)c2c1. The first-order chi connectivity index (χ1) is 6.81. The molecular weight excluding hydrogens is 198 g/mol. The Kier molecular flexibility index (Phi) is 2.51. The maximum Gasteiger partial charge on any atom is 0.134 e. The van der Waals surface area contributed by atoms with Crippen LogP contribution in [0, 0.1) is 0 Å². The van der Waals surface area contributed by atoms with Gasteiger partial charge in [0.2, 0.25) is 0 Å². The van der Waals surface area contributed by atoms with Crippen molar-refractivity contribution >= 4 is 28.8 Å². The number of nitrogens with zero attached hydrogens (tertiary/aromatic N) is 2. The van der Waals surface area contributed by atoms with E-state index in [2.05, 4.69) is 9.97 Å². The van der Waals surface area contributed by atoms with Crippen molar-refractivity contribution in [2.75, 3.05) is 12.8 Å². The number of hydrogen-bond donors (Lipinski definition) is 1. The minimum absolute atomic E-state index is 0.494. The van der Waals surface area contributed by atoms with Crippen LogP contribution in [0.4, 0.5) is 5.82 Å². The van der Waals surface area contributed by atoms with Crippen LogP contribution in [0.15, 0.2) is 29.4 Å². The number of nitrogen functional groups attached to an aromatic ring is 1.